The Hall–Kier alpha value is -3.14. The van der Waals surface area contributed by atoms with Gasteiger partial charge in [0.15, 0.2) is 0 Å². The van der Waals surface area contributed by atoms with Crippen molar-refractivity contribution < 1.29 is 8.83 Å². The summed E-state index contributed by atoms with van der Waals surface area (Å²) in [6.07, 6.45) is 0. The molecule has 0 saturated heterocycles. The Morgan fingerprint density at radius 1 is 0.708 bits per heavy atom. The van der Waals surface area contributed by atoms with Crippen molar-refractivity contribution in [1.29, 1.82) is 0 Å². The van der Waals surface area contributed by atoms with Gasteiger partial charge in [-0.05, 0) is 44.2 Å². The monoisotopic (exact) mass is 318 g/mol. The predicted octanol–water partition coefficient (Wildman–Crippen LogP) is 4.18. The van der Waals surface area contributed by atoms with E-state index in [4.69, 9.17) is 8.83 Å². The minimum atomic E-state index is -0.495. The first-order chi connectivity index (χ1) is 11.5. The summed E-state index contributed by atoms with van der Waals surface area (Å²) in [5, 5.41) is 1.53. The van der Waals surface area contributed by atoms with E-state index in [1.165, 1.54) is 6.07 Å². The predicted molar refractivity (Wildman–Crippen MR) is 93.4 cm³/mol. The van der Waals surface area contributed by atoms with Gasteiger partial charge in [-0.25, -0.2) is 9.59 Å². The fourth-order valence-corrected chi connectivity index (χ4v) is 2.93. The second kappa shape index (κ2) is 5.20. The summed E-state index contributed by atoms with van der Waals surface area (Å²) in [4.78, 5) is 24.4. The Balaban J connectivity index is 2.12. The summed E-state index contributed by atoms with van der Waals surface area (Å²) in [6, 6.07) is 14.2. The van der Waals surface area contributed by atoms with E-state index in [1.54, 1.807) is 18.2 Å². The topological polar surface area (TPSA) is 60.4 Å². The molecule has 0 bridgehead atoms. The summed E-state index contributed by atoms with van der Waals surface area (Å²) in [7, 11) is 0. The minimum Gasteiger partial charge on any atom is -0.423 e. The third-order valence-electron chi connectivity index (χ3n) is 4.08. The fraction of sp³-hybridized carbons (Fsp3) is 0.100. The number of hydrogen-bond donors (Lipinski definition) is 0. The van der Waals surface area contributed by atoms with Crippen molar-refractivity contribution in [3.8, 4) is 11.1 Å². The van der Waals surface area contributed by atoms with Gasteiger partial charge in [-0.2, -0.15) is 0 Å². The van der Waals surface area contributed by atoms with Crippen LogP contribution in [0.25, 0.3) is 33.1 Å². The lowest BCUT2D eigenvalue weighted by Crippen LogP contribution is -2.06. The third-order valence-corrected chi connectivity index (χ3v) is 4.08. The van der Waals surface area contributed by atoms with Crippen LogP contribution in [-0.4, -0.2) is 0 Å². The van der Waals surface area contributed by atoms with Crippen LogP contribution < -0.4 is 11.3 Å². The highest BCUT2D eigenvalue weighted by Gasteiger charge is 2.13. The number of hydrogen-bond acceptors (Lipinski definition) is 4. The van der Waals surface area contributed by atoms with Gasteiger partial charge in [0.25, 0.3) is 0 Å². The quantitative estimate of drug-likeness (QED) is 0.494. The molecule has 0 amide bonds. The van der Waals surface area contributed by atoms with Gasteiger partial charge in [0.1, 0.15) is 11.2 Å². The molecule has 0 unspecified atom stereocenters. The lowest BCUT2D eigenvalue weighted by molar-refractivity contribution is 0.558. The van der Waals surface area contributed by atoms with Gasteiger partial charge in [-0.15, -0.1) is 0 Å². The molecule has 4 nitrogen and oxygen atoms in total. The average molecular weight is 318 g/mol. The number of aryl methyl sites for hydroxylation is 2. The second-order valence-corrected chi connectivity index (χ2v) is 5.97. The van der Waals surface area contributed by atoms with Crippen molar-refractivity contribution in [2.75, 3.05) is 0 Å². The maximum absolute atomic E-state index is 12.5. The van der Waals surface area contributed by atoms with Crippen molar-refractivity contribution in [3.63, 3.8) is 0 Å². The van der Waals surface area contributed by atoms with Crippen molar-refractivity contribution >= 4 is 21.9 Å². The van der Waals surface area contributed by atoms with E-state index in [9.17, 15) is 9.59 Å². The Kier molecular flexibility index (Phi) is 3.13. The molecular formula is C20H14O4. The molecule has 4 heteroatoms. The maximum atomic E-state index is 12.5. The summed E-state index contributed by atoms with van der Waals surface area (Å²) >= 11 is 0. The molecule has 0 aliphatic rings. The molecule has 2 heterocycles. The zero-order valence-corrected chi connectivity index (χ0v) is 13.3. The van der Waals surface area contributed by atoms with Crippen molar-refractivity contribution in [3.05, 3.63) is 80.5 Å². The van der Waals surface area contributed by atoms with Gasteiger partial charge in [0, 0.05) is 22.4 Å². The zero-order valence-electron chi connectivity index (χ0n) is 13.3. The molecule has 0 N–H and O–H groups in total. The molecule has 0 aliphatic carbocycles. The van der Waals surface area contributed by atoms with E-state index < -0.39 is 11.3 Å². The molecule has 0 atom stereocenters. The summed E-state index contributed by atoms with van der Waals surface area (Å²) < 4.78 is 10.7. The standard InChI is InChI=1S/C20H14O4/c1-11-3-5-17-13(7-11)9-16(20(22)24-17)14-10-19(21)23-18-6-4-12(2)8-15(14)18/h3-10H,1-2H3. The van der Waals surface area contributed by atoms with Crippen LogP contribution in [0.4, 0.5) is 0 Å². The van der Waals surface area contributed by atoms with Crippen LogP contribution in [0.15, 0.2) is 67.0 Å². The molecular weight excluding hydrogens is 304 g/mol. The number of rotatable bonds is 1. The van der Waals surface area contributed by atoms with Crippen molar-refractivity contribution in [1.82, 2.24) is 0 Å². The summed E-state index contributed by atoms with van der Waals surface area (Å²) in [5.41, 5.74) is 2.97. The zero-order chi connectivity index (χ0) is 16.8. The molecule has 0 aliphatic heterocycles. The van der Waals surface area contributed by atoms with E-state index >= 15 is 0 Å². The molecule has 0 fully saturated rings. The van der Waals surface area contributed by atoms with Crippen LogP contribution >= 0.6 is 0 Å². The van der Waals surface area contributed by atoms with Crippen molar-refractivity contribution in [2.45, 2.75) is 13.8 Å². The average Bonchev–Trinajstić information content (AvgIpc) is 2.54. The molecule has 118 valence electrons. The smallest absolute Gasteiger partial charge is 0.344 e. The molecule has 0 saturated carbocycles. The van der Waals surface area contributed by atoms with Crippen LogP contribution in [0.1, 0.15) is 11.1 Å². The third kappa shape index (κ3) is 2.33. The minimum absolute atomic E-state index is 0.358. The molecule has 24 heavy (non-hydrogen) atoms. The number of fused-ring (bicyclic) bond motifs is 2. The van der Waals surface area contributed by atoms with Gasteiger partial charge in [0.2, 0.25) is 0 Å². The Morgan fingerprint density at radius 2 is 1.42 bits per heavy atom. The highest BCUT2D eigenvalue weighted by atomic mass is 16.4. The van der Waals surface area contributed by atoms with E-state index in [2.05, 4.69) is 0 Å². The largest absolute Gasteiger partial charge is 0.423 e. The molecule has 4 aromatic rings. The van der Waals surface area contributed by atoms with E-state index in [0.29, 0.717) is 27.7 Å². The highest BCUT2D eigenvalue weighted by molar-refractivity contribution is 5.95. The highest BCUT2D eigenvalue weighted by Crippen LogP contribution is 2.28. The maximum Gasteiger partial charge on any atom is 0.344 e. The van der Waals surface area contributed by atoms with E-state index in [0.717, 1.165) is 16.5 Å². The Bertz CT molecular complexity index is 1210. The van der Waals surface area contributed by atoms with Crippen LogP contribution in [-0.2, 0) is 0 Å². The van der Waals surface area contributed by atoms with Gasteiger partial charge in [-0.3, -0.25) is 0 Å². The van der Waals surface area contributed by atoms with Crippen LogP contribution in [0.2, 0.25) is 0 Å². The molecule has 4 rings (SSSR count). The SMILES string of the molecule is Cc1ccc2oc(=O)c(-c3cc(=O)oc4ccc(C)cc34)cc2c1. The van der Waals surface area contributed by atoms with Gasteiger partial charge in [-0.1, -0.05) is 23.3 Å². The van der Waals surface area contributed by atoms with Gasteiger partial charge >= 0.3 is 11.3 Å². The second-order valence-electron chi connectivity index (χ2n) is 5.97. The normalized spacial score (nSPS) is 11.2. The van der Waals surface area contributed by atoms with Crippen LogP contribution in [0.3, 0.4) is 0 Å². The Labute approximate surface area is 137 Å². The summed E-state index contributed by atoms with van der Waals surface area (Å²) in [5.74, 6) is 0. The van der Waals surface area contributed by atoms with Crippen molar-refractivity contribution in [2.24, 2.45) is 0 Å². The molecule has 0 spiro atoms. The van der Waals surface area contributed by atoms with Gasteiger partial charge < -0.3 is 8.83 Å². The lowest BCUT2D eigenvalue weighted by Gasteiger charge is -2.07. The molecule has 0 radical (unpaired) electrons. The number of benzene rings is 2. The summed E-state index contributed by atoms with van der Waals surface area (Å²) in [6.45, 7) is 3.92. The lowest BCUT2D eigenvalue weighted by atomic mass is 10.0. The fourth-order valence-electron chi connectivity index (χ4n) is 2.93. The van der Waals surface area contributed by atoms with E-state index in [-0.39, 0.29) is 0 Å². The van der Waals surface area contributed by atoms with Gasteiger partial charge in [0.05, 0.1) is 5.56 Å². The molecule has 2 aromatic carbocycles. The molecule has 2 aromatic heterocycles. The first-order valence-electron chi connectivity index (χ1n) is 7.61. The van der Waals surface area contributed by atoms with Crippen LogP contribution in [0, 0.1) is 13.8 Å². The first-order valence-corrected chi connectivity index (χ1v) is 7.61. The van der Waals surface area contributed by atoms with Crippen LogP contribution in [0.5, 0.6) is 0 Å². The Morgan fingerprint density at radius 3 is 2.21 bits per heavy atom. The van der Waals surface area contributed by atoms with E-state index in [1.807, 2.05) is 38.1 Å². The first kappa shape index (κ1) is 14.5.